The van der Waals surface area contributed by atoms with Gasteiger partial charge in [0.15, 0.2) is 0 Å². The summed E-state index contributed by atoms with van der Waals surface area (Å²) in [5, 5.41) is 11.9. The Balaban J connectivity index is 1.74. The van der Waals surface area contributed by atoms with Crippen LogP contribution in [0.4, 0.5) is 17.5 Å². The summed E-state index contributed by atoms with van der Waals surface area (Å²) < 4.78 is 0. The molecule has 7 heteroatoms. The molecule has 26 heavy (non-hydrogen) atoms. The number of aromatic nitrogens is 2. The van der Waals surface area contributed by atoms with Gasteiger partial charge in [-0.2, -0.15) is 4.98 Å². The smallest absolute Gasteiger partial charge is 0.307 e. The second-order valence-corrected chi connectivity index (χ2v) is 6.75. The van der Waals surface area contributed by atoms with Crippen molar-refractivity contribution in [2.45, 2.75) is 33.1 Å². The predicted molar refractivity (Wildman–Crippen MR) is 98.5 cm³/mol. The maximum atomic E-state index is 12.7. The molecule has 1 aliphatic heterocycles. The van der Waals surface area contributed by atoms with Crippen LogP contribution in [0.15, 0.2) is 36.5 Å². The van der Waals surface area contributed by atoms with Crippen molar-refractivity contribution >= 4 is 29.3 Å². The Bertz CT molecular complexity index is 822. The van der Waals surface area contributed by atoms with Crippen LogP contribution in [0.25, 0.3) is 0 Å². The van der Waals surface area contributed by atoms with E-state index in [1.807, 2.05) is 13.8 Å². The summed E-state index contributed by atoms with van der Waals surface area (Å²) >= 11 is 0. The summed E-state index contributed by atoms with van der Waals surface area (Å²) in [7, 11) is 0. The number of amides is 1. The second kappa shape index (κ2) is 7.11. The third-order valence-corrected chi connectivity index (χ3v) is 4.91. The minimum Gasteiger partial charge on any atom is -0.481 e. The Morgan fingerprint density at radius 3 is 2.65 bits per heavy atom. The van der Waals surface area contributed by atoms with Crippen LogP contribution in [0.3, 0.4) is 0 Å². The molecule has 0 aliphatic carbocycles. The van der Waals surface area contributed by atoms with Gasteiger partial charge >= 0.3 is 5.97 Å². The number of carboxylic acid groups (broad SMARTS) is 1. The number of benzene rings is 1. The zero-order valence-electron chi connectivity index (χ0n) is 14.9. The van der Waals surface area contributed by atoms with Gasteiger partial charge in [-0.25, -0.2) is 4.98 Å². The standard InChI is InChI=1S/C19H22N4O3/c1-3-19(2)9-11-23(17(19)26)15-8-10-20-18(22-15)21-14-6-4-13(5-7-14)12-16(24)25/h4-8,10H,3,9,11-12H2,1-2H3,(H,24,25)(H,20,21,22)/t19-/m1/s1. The average molecular weight is 354 g/mol. The summed E-state index contributed by atoms with van der Waals surface area (Å²) in [6, 6.07) is 8.79. The van der Waals surface area contributed by atoms with Gasteiger partial charge in [0.1, 0.15) is 5.82 Å². The minimum atomic E-state index is -0.865. The first kappa shape index (κ1) is 17.8. The van der Waals surface area contributed by atoms with Gasteiger partial charge in [0, 0.05) is 23.8 Å². The largest absolute Gasteiger partial charge is 0.481 e. The van der Waals surface area contributed by atoms with Crippen molar-refractivity contribution in [1.82, 2.24) is 9.97 Å². The number of nitrogens with zero attached hydrogens (tertiary/aromatic N) is 3. The number of carboxylic acids is 1. The lowest BCUT2D eigenvalue weighted by Crippen LogP contribution is -2.32. The molecule has 3 rings (SSSR count). The molecule has 0 bridgehead atoms. The van der Waals surface area contributed by atoms with Gasteiger partial charge in [-0.05, 0) is 36.6 Å². The SMILES string of the molecule is CC[C@]1(C)CCN(c2ccnc(Nc3ccc(CC(=O)O)cc3)n2)C1=O. The highest BCUT2D eigenvalue weighted by atomic mass is 16.4. The zero-order chi connectivity index (χ0) is 18.7. The molecule has 1 amide bonds. The van der Waals surface area contributed by atoms with E-state index in [0.717, 1.165) is 24.1 Å². The molecule has 1 aliphatic rings. The first-order chi connectivity index (χ1) is 12.4. The molecule has 136 valence electrons. The molecule has 1 saturated heterocycles. The summed E-state index contributed by atoms with van der Waals surface area (Å²) in [4.78, 5) is 33.8. The fourth-order valence-electron chi connectivity index (χ4n) is 3.01. The molecule has 1 aromatic carbocycles. The molecule has 1 fully saturated rings. The zero-order valence-corrected chi connectivity index (χ0v) is 14.9. The molecular formula is C19H22N4O3. The van der Waals surface area contributed by atoms with Crippen LogP contribution < -0.4 is 10.2 Å². The van der Waals surface area contributed by atoms with E-state index < -0.39 is 5.97 Å². The molecule has 0 unspecified atom stereocenters. The maximum Gasteiger partial charge on any atom is 0.307 e. The number of aliphatic carboxylic acids is 1. The summed E-state index contributed by atoms with van der Waals surface area (Å²) in [6.45, 7) is 4.68. The number of carbonyl (C=O) groups excluding carboxylic acids is 1. The Hall–Kier alpha value is -2.96. The van der Waals surface area contributed by atoms with Gasteiger partial charge < -0.3 is 10.4 Å². The number of anilines is 3. The Morgan fingerprint density at radius 1 is 1.31 bits per heavy atom. The molecule has 2 aromatic rings. The Labute approximate surface area is 152 Å². The third kappa shape index (κ3) is 3.66. The lowest BCUT2D eigenvalue weighted by Gasteiger charge is -2.21. The van der Waals surface area contributed by atoms with E-state index in [-0.39, 0.29) is 17.7 Å². The fraction of sp³-hybridized carbons (Fsp3) is 0.368. The van der Waals surface area contributed by atoms with Crippen LogP contribution in [-0.4, -0.2) is 33.5 Å². The second-order valence-electron chi connectivity index (χ2n) is 6.75. The van der Waals surface area contributed by atoms with Gasteiger partial charge in [-0.15, -0.1) is 0 Å². The van der Waals surface area contributed by atoms with Crippen molar-refractivity contribution in [2.75, 3.05) is 16.8 Å². The van der Waals surface area contributed by atoms with Crippen molar-refractivity contribution in [3.8, 4) is 0 Å². The number of hydrogen-bond donors (Lipinski definition) is 2. The van der Waals surface area contributed by atoms with E-state index in [9.17, 15) is 9.59 Å². The van der Waals surface area contributed by atoms with E-state index >= 15 is 0 Å². The van der Waals surface area contributed by atoms with E-state index in [1.165, 1.54) is 0 Å². The van der Waals surface area contributed by atoms with E-state index in [2.05, 4.69) is 15.3 Å². The van der Waals surface area contributed by atoms with Crippen molar-refractivity contribution in [2.24, 2.45) is 5.41 Å². The van der Waals surface area contributed by atoms with Crippen molar-refractivity contribution in [1.29, 1.82) is 0 Å². The van der Waals surface area contributed by atoms with Gasteiger partial charge in [-0.3, -0.25) is 14.5 Å². The Morgan fingerprint density at radius 2 is 2.04 bits per heavy atom. The summed E-state index contributed by atoms with van der Waals surface area (Å²) in [5.41, 5.74) is 1.15. The van der Waals surface area contributed by atoms with E-state index in [0.29, 0.717) is 18.3 Å². The fourth-order valence-corrected chi connectivity index (χ4v) is 3.01. The highest BCUT2D eigenvalue weighted by Crippen LogP contribution is 2.36. The monoisotopic (exact) mass is 354 g/mol. The first-order valence-corrected chi connectivity index (χ1v) is 8.64. The molecule has 1 atom stereocenters. The summed E-state index contributed by atoms with van der Waals surface area (Å²) in [6.07, 6.45) is 3.24. The van der Waals surface area contributed by atoms with Crippen molar-refractivity contribution in [3.63, 3.8) is 0 Å². The quantitative estimate of drug-likeness (QED) is 0.828. The van der Waals surface area contributed by atoms with Gasteiger partial charge in [0.05, 0.1) is 6.42 Å². The molecule has 0 spiro atoms. The predicted octanol–water partition coefficient (Wildman–Crippen LogP) is 3.00. The highest BCUT2D eigenvalue weighted by Gasteiger charge is 2.42. The molecule has 1 aromatic heterocycles. The lowest BCUT2D eigenvalue weighted by molar-refractivity contribution is -0.136. The Kier molecular flexibility index (Phi) is 4.88. The molecular weight excluding hydrogens is 332 g/mol. The maximum absolute atomic E-state index is 12.7. The minimum absolute atomic E-state index is 0.0144. The molecule has 2 N–H and O–H groups in total. The first-order valence-electron chi connectivity index (χ1n) is 8.64. The van der Waals surface area contributed by atoms with Crippen LogP contribution in [0.1, 0.15) is 32.3 Å². The van der Waals surface area contributed by atoms with Crippen LogP contribution in [0.5, 0.6) is 0 Å². The molecule has 0 saturated carbocycles. The molecule has 2 heterocycles. The van der Waals surface area contributed by atoms with Gasteiger partial charge in [-0.1, -0.05) is 26.0 Å². The van der Waals surface area contributed by atoms with Crippen LogP contribution in [0, 0.1) is 5.41 Å². The molecule has 0 radical (unpaired) electrons. The number of nitrogens with one attached hydrogen (secondary N) is 1. The van der Waals surface area contributed by atoms with Crippen molar-refractivity contribution < 1.29 is 14.7 Å². The average Bonchev–Trinajstić information content (AvgIpc) is 2.92. The van der Waals surface area contributed by atoms with Gasteiger partial charge in [0.2, 0.25) is 11.9 Å². The lowest BCUT2D eigenvalue weighted by atomic mass is 9.86. The van der Waals surface area contributed by atoms with Crippen LogP contribution >= 0.6 is 0 Å². The van der Waals surface area contributed by atoms with Crippen LogP contribution in [-0.2, 0) is 16.0 Å². The third-order valence-electron chi connectivity index (χ3n) is 4.91. The topological polar surface area (TPSA) is 95.4 Å². The number of carbonyl (C=O) groups is 2. The number of hydrogen-bond acceptors (Lipinski definition) is 5. The molecule has 7 nitrogen and oxygen atoms in total. The van der Waals surface area contributed by atoms with Gasteiger partial charge in [0.25, 0.3) is 0 Å². The summed E-state index contributed by atoms with van der Waals surface area (Å²) in [5.74, 6) is 0.220. The van der Waals surface area contributed by atoms with E-state index in [4.69, 9.17) is 5.11 Å². The van der Waals surface area contributed by atoms with E-state index in [1.54, 1.807) is 41.4 Å². The highest BCUT2D eigenvalue weighted by molar-refractivity contribution is 5.98. The number of rotatable bonds is 6. The van der Waals surface area contributed by atoms with Crippen molar-refractivity contribution in [3.05, 3.63) is 42.1 Å². The normalized spacial score (nSPS) is 19.6. The van der Waals surface area contributed by atoms with Crippen LogP contribution in [0.2, 0.25) is 0 Å².